The van der Waals surface area contributed by atoms with Gasteiger partial charge in [0.15, 0.2) is 0 Å². The second-order valence-corrected chi connectivity index (χ2v) is 6.13. The number of aryl methyl sites for hydroxylation is 1. The summed E-state index contributed by atoms with van der Waals surface area (Å²) in [5.41, 5.74) is 3.49. The molecule has 2 aromatic carbocycles. The number of rotatable bonds is 6. The highest BCUT2D eigenvalue weighted by Gasteiger charge is 2.15. The van der Waals surface area contributed by atoms with Gasteiger partial charge in [0.25, 0.3) is 0 Å². The van der Waals surface area contributed by atoms with E-state index < -0.39 is 0 Å². The Bertz CT molecular complexity index is 596. The fourth-order valence-corrected chi connectivity index (χ4v) is 2.92. The zero-order chi connectivity index (χ0) is 15.2. The third kappa shape index (κ3) is 4.47. The molecule has 0 saturated carbocycles. The van der Waals surface area contributed by atoms with Gasteiger partial charge in [0.2, 0.25) is 0 Å². The van der Waals surface area contributed by atoms with Crippen LogP contribution in [0.25, 0.3) is 0 Å². The van der Waals surface area contributed by atoms with Crippen LogP contribution in [0.1, 0.15) is 36.1 Å². The lowest BCUT2D eigenvalue weighted by atomic mass is 9.97. The van der Waals surface area contributed by atoms with Gasteiger partial charge < -0.3 is 5.32 Å². The minimum Gasteiger partial charge on any atom is -0.310 e. The van der Waals surface area contributed by atoms with Crippen molar-refractivity contribution in [1.82, 2.24) is 5.32 Å². The summed E-state index contributed by atoms with van der Waals surface area (Å²) in [5, 5.41) is 5.22. The summed E-state index contributed by atoms with van der Waals surface area (Å²) in [6.07, 6.45) is 1.97. The number of halogens is 2. The molecule has 2 aromatic rings. The van der Waals surface area contributed by atoms with Crippen LogP contribution in [0, 0.1) is 6.92 Å². The van der Waals surface area contributed by atoms with E-state index in [1.165, 1.54) is 5.56 Å². The van der Waals surface area contributed by atoms with Crippen molar-refractivity contribution >= 4 is 23.2 Å². The zero-order valence-electron chi connectivity index (χ0n) is 12.5. The minimum atomic E-state index is 0.204. The van der Waals surface area contributed by atoms with Crippen molar-refractivity contribution in [3.63, 3.8) is 0 Å². The molecule has 0 aliphatic heterocycles. The number of benzene rings is 2. The van der Waals surface area contributed by atoms with Crippen LogP contribution in [-0.2, 0) is 6.42 Å². The van der Waals surface area contributed by atoms with Crippen LogP contribution in [0.5, 0.6) is 0 Å². The second kappa shape index (κ2) is 7.84. The maximum absolute atomic E-state index is 6.50. The van der Waals surface area contributed by atoms with Crippen molar-refractivity contribution in [2.45, 2.75) is 32.7 Å². The van der Waals surface area contributed by atoms with Gasteiger partial charge in [0, 0.05) is 16.1 Å². The Labute approximate surface area is 137 Å². The molecule has 3 heteroatoms. The van der Waals surface area contributed by atoms with Crippen molar-refractivity contribution < 1.29 is 0 Å². The van der Waals surface area contributed by atoms with Crippen molar-refractivity contribution in [3.05, 3.63) is 69.2 Å². The van der Waals surface area contributed by atoms with Gasteiger partial charge in [0.05, 0.1) is 0 Å². The molecule has 1 unspecified atom stereocenters. The summed E-state index contributed by atoms with van der Waals surface area (Å²) in [4.78, 5) is 0. The predicted molar refractivity (Wildman–Crippen MR) is 92.4 cm³/mol. The first-order valence-electron chi connectivity index (χ1n) is 7.34. The van der Waals surface area contributed by atoms with E-state index in [1.54, 1.807) is 0 Å². The van der Waals surface area contributed by atoms with Gasteiger partial charge in [0.1, 0.15) is 0 Å². The van der Waals surface area contributed by atoms with Gasteiger partial charge in [-0.25, -0.2) is 0 Å². The molecule has 112 valence electrons. The van der Waals surface area contributed by atoms with Gasteiger partial charge in [-0.15, -0.1) is 0 Å². The smallest absolute Gasteiger partial charge is 0.0483 e. The van der Waals surface area contributed by atoms with Crippen molar-refractivity contribution in [1.29, 1.82) is 0 Å². The summed E-state index contributed by atoms with van der Waals surface area (Å²) >= 11 is 12.6. The molecule has 1 nitrogen and oxygen atoms in total. The molecule has 0 spiro atoms. The number of nitrogens with one attached hydrogen (secondary N) is 1. The zero-order valence-corrected chi connectivity index (χ0v) is 14.0. The lowest BCUT2D eigenvalue weighted by Gasteiger charge is -2.21. The Balaban J connectivity index is 2.27. The Kier molecular flexibility index (Phi) is 6.10. The lowest BCUT2D eigenvalue weighted by molar-refractivity contribution is 0.529. The van der Waals surface area contributed by atoms with Crippen LogP contribution >= 0.6 is 23.2 Å². The SMILES string of the molecule is CCCNC(Cc1cccc(Cl)c1)c1cccc(C)c1Cl. The number of hydrogen-bond donors (Lipinski definition) is 1. The first-order chi connectivity index (χ1) is 10.1. The highest BCUT2D eigenvalue weighted by atomic mass is 35.5. The quantitative estimate of drug-likeness (QED) is 0.731. The molecule has 21 heavy (non-hydrogen) atoms. The van der Waals surface area contributed by atoms with E-state index in [0.717, 1.165) is 40.6 Å². The van der Waals surface area contributed by atoms with Crippen LogP contribution < -0.4 is 5.32 Å². The third-order valence-electron chi connectivity index (χ3n) is 3.57. The lowest BCUT2D eigenvalue weighted by Crippen LogP contribution is -2.24. The van der Waals surface area contributed by atoms with Gasteiger partial charge in [-0.3, -0.25) is 0 Å². The molecule has 0 fully saturated rings. The summed E-state index contributed by atoms with van der Waals surface area (Å²) in [7, 11) is 0. The Morgan fingerprint density at radius 2 is 1.86 bits per heavy atom. The second-order valence-electron chi connectivity index (χ2n) is 5.32. The van der Waals surface area contributed by atoms with E-state index >= 15 is 0 Å². The van der Waals surface area contributed by atoms with Gasteiger partial charge in [-0.1, -0.05) is 60.5 Å². The Morgan fingerprint density at radius 3 is 2.57 bits per heavy atom. The summed E-state index contributed by atoms with van der Waals surface area (Å²) in [6.45, 7) is 5.18. The van der Waals surface area contributed by atoms with E-state index in [0.29, 0.717) is 0 Å². The Hall–Kier alpha value is -1.02. The van der Waals surface area contributed by atoms with Crippen LogP contribution in [0.2, 0.25) is 10.0 Å². The average Bonchev–Trinajstić information content (AvgIpc) is 2.47. The molecule has 0 amide bonds. The molecule has 0 aromatic heterocycles. The fourth-order valence-electron chi connectivity index (χ4n) is 2.45. The van der Waals surface area contributed by atoms with Crippen LogP contribution in [-0.4, -0.2) is 6.54 Å². The van der Waals surface area contributed by atoms with Crippen LogP contribution in [0.15, 0.2) is 42.5 Å². The molecule has 0 heterocycles. The maximum atomic E-state index is 6.50. The van der Waals surface area contributed by atoms with Gasteiger partial charge in [-0.2, -0.15) is 0 Å². The predicted octanol–water partition coefficient (Wildman–Crippen LogP) is 5.59. The standard InChI is InChI=1S/C18H21Cl2N/c1-3-10-21-17(12-14-7-5-8-15(19)11-14)16-9-4-6-13(2)18(16)20/h4-9,11,17,21H,3,10,12H2,1-2H3. The van der Waals surface area contributed by atoms with Gasteiger partial charge >= 0.3 is 0 Å². The van der Waals surface area contributed by atoms with Crippen LogP contribution in [0.4, 0.5) is 0 Å². The van der Waals surface area contributed by atoms with E-state index in [4.69, 9.17) is 23.2 Å². The van der Waals surface area contributed by atoms with Crippen molar-refractivity contribution in [2.24, 2.45) is 0 Å². The van der Waals surface area contributed by atoms with E-state index in [-0.39, 0.29) is 6.04 Å². The van der Waals surface area contributed by atoms with Crippen molar-refractivity contribution in [2.75, 3.05) is 6.54 Å². The fraction of sp³-hybridized carbons (Fsp3) is 0.333. The van der Waals surface area contributed by atoms with Crippen LogP contribution in [0.3, 0.4) is 0 Å². The topological polar surface area (TPSA) is 12.0 Å². The normalized spacial score (nSPS) is 12.4. The first kappa shape index (κ1) is 16.4. The molecular weight excluding hydrogens is 301 g/mol. The molecule has 0 bridgehead atoms. The van der Waals surface area contributed by atoms with Gasteiger partial charge in [-0.05, 0) is 55.1 Å². The molecule has 0 saturated heterocycles. The average molecular weight is 322 g/mol. The monoisotopic (exact) mass is 321 g/mol. The highest BCUT2D eigenvalue weighted by Crippen LogP contribution is 2.29. The molecule has 0 aliphatic carbocycles. The molecule has 2 rings (SSSR count). The minimum absolute atomic E-state index is 0.204. The largest absolute Gasteiger partial charge is 0.310 e. The maximum Gasteiger partial charge on any atom is 0.0483 e. The first-order valence-corrected chi connectivity index (χ1v) is 8.10. The molecular formula is C18H21Cl2N. The van der Waals surface area contributed by atoms with E-state index in [9.17, 15) is 0 Å². The third-order valence-corrected chi connectivity index (χ3v) is 4.32. The highest BCUT2D eigenvalue weighted by molar-refractivity contribution is 6.32. The molecule has 1 N–H and O–H groups in total. The molecule has 0 radical (unpaired) electrons. The van der Waals surface area contributed by atoms with Crippen molar-refractivity contribution in [3.8, 4) is 0 Å². The van der Waals surface area contributed by atoms with E-state index in [2.05, 4.69) is 30.4 Å². The molecule has 0 aliphatic rings. The summed E-state index contributed by atoms with van der Waals surface area (Å²) < 4.78 is 0. The summed E-state index contributed by atoms with van der Waals surface area (Å²) in [5.74, 6) is 0. The molecule has 1 atom stereocenters. The Morgan fingerprint density at radius 1 is 1.10 bits per heavy atom. The number of hydrogen-bond acceptors (Lipinski definition) is 1. The van der Waals surface area contributed by atoms with E-state index in [1.807, 2.05) is 31.2 Å². The summed E-state index contributed by atoms with van der Waals surface area (Å²) in [6, 6.07) is 14.4.